The summed E-state index contributed by atoms with van der Waals surface area (Å²) in [7, 11) is 0. The fraction of sp³-hybridized carbons (Fsp3) is 0.750. The molecule has 1 atom stereocenters. The molecule has 0 spiro atoms. The van der Waals surface area contributed by atoms with Crippen LogP contribution in [0.1, 0.15) is 32.6 Å². The number of aryl methyl sites for hydroxylation is 1. The number of aromatic nitrogens is 2. The van der Waals surface area contributed by atoms with Crippen LogP contribution in [0.4, 0.5) is 0 Å². The average molecular weight is 224 g/mol. The van der Waals surface area contributed by atoms with Crippen LogP contribution in [0.25, 0.3) is 0 Å². The van der Waals surface area contributed by atoms with E-state index in [1.54, 1.807) is 6.20 Å². The van der Waals surface area contributed by atoms with Crippen LogP contribution in [-0.2, 0) is 11.3 Å². The molecule has 4 heteroatoms. The van der Waals surface area contributed by atoms with E-state index in [0.29, 0.717) is 6.10 Å². The van der Waals surface area contributed by atoms with Crippen molar-refractivity contribution in [2.24, 2.45) is 0 Å². The topological polar surface area (TPSA) is 36.3 Å². The molecular formula is C12H20N2O2. The third-order valence-corrected chi connectivity index (χ3v) is 2.92. The molecule has 1 saturated heterocycles. The molecule has 1 aromatic rings. The number of ether oxygens (including phenoxy) is 2. The van der Waals surface area contributed by atoms with Gasteiger partial charge in [-0.2, -0.15) is 5.10 Å². The summed E-state index contributed by atoms with van der Waals surface area (Å²) in [5.74, 6) is 0.859. The third kappa shape index (κ3) is 3.23. The number of rotatable bonds is 5. The second-order valence-electron chi connectivity index (χ2n) is 4.16. The summed E-state index contributed by atoms with van der Waals surface area (Å²) in [6, 6.07) is 0. The highest BCUT2D eigenvalue weighted by Crippen LogP contribution is 2.16. The van der Waals surface area contributed by atoms with Gasteiger partial charge in [0, 0.05) is 19.6 Å². The summed E-state index contributed by atoms with van der Waals surface area (Å²) in [5, 5.41) is 4.16. The van der Waals surface area contributed by atoms with E-state index in [4.69, 9.17) is 9.47 Å². The fourth-order valence-corrected chi connectivity index (χ4v) is 1.94. The molecule has 0 radical (unpaired) electrons. The van der Waals surface area contributed by atoms with Gasteiger partial charge in [0.2, 0.25) is 0 Å². The van der Waals surface area contributed by atoms with Crippen LogP contribution < -0.4 is 4.74 Å². The first-order valence-corrected chi connectivity index (χ1v) is 6.15. The number of hydrogen-bond acceptors (Lipinski definition) is 3. The highest BCUT2D eigenvalue weighted by molar-refractivity contribution is 5.11. The van der Waals surface area contributed by atoms with Crippen LogP contribution in [0.15, 0.2) is 12.4 Å². The Kier molecular flexibility index (Phi) is 4.22. The fourth-order valence-electron chi connectivity index (χ4n) is 1.94. The van der Waals surface area contributed by atoms with Crippen molar-refractivity contribution >= 4 is 0 Å². The zero-order valence-electron chi connectivity index (χ0n) is 9.89. The van der Waals surface area contributed by atoms with Crippen molar-refractivity contribution in [1.82, 2.24) is 9.78 Å². The predicted octanol–water partition coefficient (Wildman–Crippen LogP) is 2.24. The molecule has 0 aromatic carbocycles. The molecule has 0 amide bonds. The highest BCUT2D eigenvalue weighted by Gasteiger charge is 2.13. The molecule has 0 N–H and O–H groups in total. The molecule has 1 aliphatic rings. The molecule has 0 bridgehead atoms. The minimum absolute atomic E-state index is 0.398. The largest absolute Gasteiger partial charge is 0.490 e. The zero-order valence-corrected chi connectivity index (χ0v) is 9.89. The van der Waals surface area contributed by atoms with Crippen LogP contribution in [0.3, 0.4) is 0 Å². The first kappa shape index (κ1) is 11.5. The molecule has 90 valence electrons. The lowest BCUT2D eigenvalue weighted by Crippen LogP contribution is -2.21. The lowest BCUT2D eigenvalue weighted by Gasteiger charge is -2.22. The molecule has 16 heavy (non-hydrogen) atoms. The molecule has 0 saturated carbocycles. The minimum Gasteiger partial charge on any atom is -0.490 e. The van der Waals surface area contributed by atoms with E-state index >= 15 is 0 Å². The van der Waals surface area contributed by atoms with Crippen molar-refractivity contribution < 1.29 is 9.47 Å². The predicted molar refractivity (Wildman–Crippen MR) is 61.6 cm³/mol. The van der Waals surface area contributed by atoms with Gasteiger partial charge in [0.1, 0.15) is 0 Å². The summed E-state index contributed by atoms with van der Waals surface area (Å²) in [6.45, 7) is 4.58. The van der Waals surface area contributed by atoms with Gasteiger partial charge in [0.25, 0.3) is 0 Å². The Hall–Kier alpha value is -1.03. The Bertz CT molecular complexity index is 306. The maximum Gasteiger partial charge on any atom is 0.157 e. The normalized spacial score (nSPS) is 20.9. The van der Waals surface area contributed by atoms with Crippen LogP contribution in [0.5, 0.6) is 5.75 Å². The van der Waals surface area contributed by atoms with E-state index < -0.39 is 0 Å². The Morgan fingerprint density at radius 2 is 2.50 bits per heavy atom. The van der Waals surface area contributed by atoms with Crippen LogP contribution in [-0.4, -0.2) is 29.1 Å². The van der Waals surface area contributed by atoms with Crippen LogP contribution in [0.2, 0.25) is 0 Å². The van der Waals surface area contributed by atoms with Crippen molar-refractivity contribution in [3.05, 3.63) is 12.4 Å². The van der Waals surface area contributed by atoms with E-state index in [1.807, 2.05) is 10.9 Å². The van der Waals surface area contributed by atoms with Gasteiger partial charge < -0.3 is 9.47 Å². The van der Waals surface area contributed by atoms with E-state index in [0.717, 1.165) is 31.9 Å². The Labute approximate surface area is 96.5 Å². The van der Waals surface area contributed by atoms with Gasteiger partial charge in [0.15, 0.2) is 5.75 Å². The SMILES string of the molecule is CCn1cc(OCCC2CCCCO2)cn1. The second kappa shape index (κ2) is 5.89. The monoisotopic (exact) mass is 224 g/mol. The summed E-state index contributed by atoms with van der Waals surface area (Å²) < 4.78 is 13.1. The summed E-state index contributed by atoms with van der Waals surface area (Å²) in [4.78, 5) is 0. The van der Waals surface area contributed by atoms with Crippen molar-refractivity contribution in [1.29, 1.82) is 0 Å². The van der Waals surface area contributed by atoms with E-state index in [1.165, 1.54) is 19.3 Å². The minimum atomic E-state index is 0.398. The standard InChI is InChI=1S/C12H20N2O2/c1-2-14-10-12(9-13-14)16-8-6-11-5-3-4-7-15-11/h9-11H,2-8H2,1H3. The molecule has 2 heterocycles. The van der Waals surface area contributed by atoms with Crippen LogP contribution >= 0.6 is 0 Å². The van der Waals surface area contributed by atoms with Gasteiger partial charge in [-0.3, -0.25) is 4.68 Å². The second-order valence-corrected chi connectivity index (χ2v) is 4.16. The third-order valence-electron chi connectivity index (χ3n) is 2.92. The Balaban J connectivity index is 1.66. The van der Waals surface area contributed by atoms with Gasteiger partial charge in [-0.25, -0.2) is 0 Å². The zero-order chi connectivity index (χ0) is 11.2. The first-order chi connectivity index (χ1) is 7.88. The summed E-state index contributed by atoms with van der Waals surface area (Å²) in [5.41, 5.74) is 0. The van der Waals surface area contributed by atoms with Crippen molar-refractivity contribution in [2.45, 2.75) is 45.3 Å². The first-order valence-electron chi connectivity index (χ1n) is 6.15. The lowest BCUT2D eigenvalue weighted by molar-refractivity contribution is 0.00404. The number of nitrogens with zero attached hydrogens (tertiary/aromatic N) is 2. The average Bonchev–Trinajstić information content (AvgIpc) is 2.78. The molecule has 1 aliphatic heterocycles. The van der Waals surface area contributed by atoms with E-state index in [9.17, 15) is 0 Å². The molecule has 1 aromatic heterocycles. The van der Waals surface area contributed by atoms with E-state index in [-0.39, 0.29) is 0 Å². The van der Waals surface area contributed by atoms with Gasteiger partial charge in [-0.1, -0.05) is 0 Å². The summed E-state index contributed by atoms with van der Waals surface area (Å²) in [6.07, 6.45) is 8.76. The Morgan fingerprint density at radius 3 is 3.19 bits per heavy atom. The lowest BCUT2D eigenvalue weighted by atomic mass is 10.1. The molecular weight excluding hydrogens is 204 g/mol. The summed E-state index contributed by atoms with van der Waals surface area (Å²) >= 11 is 0. The van der Waals surface area contributed by atoms with Gasteiger partial charge in [-0.05, 0) is 26.2 Å². The number of hydrogen-bond donors (Lipinski definition) is 0. The van der Waals surface area contributed by atoms with Crippen molar-refractivity contribution in [2.75, 3.05) is 13.2 Å². The smallest absolute Gasteiger partial charge is 0.157 e. The molecule has 4 nitrogen and oxygen atoms in total. The maximum atomic E-state index is 5.64. The van der Waals surface area contributed by atoms with Crippen molar-refractivity contribution in [3.63, 3.8) is 0 Å². The van der Waals surface area contributed by atoms with Crippen LogP contribution in [0, 0.1) is 0 Å². The Morgan fingerprint density at radius 1 is 1.56 bits per heavy atom. The molecule has 0 aliphatic carbocycles. The van der Waals surface area contributed by atoms with E-state index in [2.05, 4.69) is 12.0 Å². The van der Waals surface area contributed by atoms with Gasteiger partial charge in [0.05, 0.1) is 25.1 Å². The van der Waals surface area contributed by atoms with Gasteiger partial charge >= 0.3 is 0 Å². The van der Waals surface area contributed by atoms with Crippen molar-refractivity contribution in [3.8, 4) is 5.75 Å². The van der Waals surface area contributed by atoms with Gasteiger partial charge in [-0.15, -0.1) is 0 Å². The molecule has 1 unspecified atom stereocenters. The molecule has 2 rings (SSSR count). The quantitative estimate of drug-likeness (QED) is 0.769. The maximum absolute atomic E-state index is 5.64. The highest BCUT2D eigenvalue weighted by atomic mass is 16.5. The molecule has 1 fully saturated rings.